The summed E-state index contributed by atoms with van der Waals surface area (Å²) < 4.78 is 16.8. The average molecular weight is 510 g/mol. The number of rotatable bonds is 11. The molecule has 0 fully saturated rings. The fourth-order valence-corrected chi connectivity index (χ4v) is 4.96. The lowest BCUT2D eigenvalue weighted by atomic mass is 9.87. The molecule has 1 aromatic heterocycles. The molecule has 194 valence electrons. The van der Waals surface area contributed by atoms with Gasteiger partial charge in [-0.15, -0.1) is 11.3 Å². The number of aromatic nitrogens is 1. The number of esters is 1. The maximum absolute atomic E-state index is 12.2. The maximum atomic E-state index is 12.2. The fourth-order valence-electron chi connectivity index (χ4n) is 4.00. The third-order valence-electron chi connectivity index (χ3n) is 6.13. The molecule has 0 bridgehead atoms. The number of carbonyl (C=O) groups excluding carboxylic acids is 1. The molecule has 2 aromatic carbocycles. The van der Waals surface area contributed by atoms with Crippen molar-refractivity contribution in [3.8, 4) is 16.3 Å². The molecule has 0 spiro atoms. The number of nitrogens with zero attached hydrogens (tertiary/aromatic N) is 1. The summed E-state index contributed by atoms with van der Waals surface area (Å²) in [4.78, 5) is 18.3. The number of benzene rings is 2. The van der Waals surface area contributed by atoms with Gasteiger partial charge in [-0.3, -0.25) is 0 Å². The van der Waals surface area contributed by atoms with Crippen LogP contribution >= 0.6 is 11.3 Å². The van der Waals surface area contributed by atoms with E-state index in [1.54, 1.807) is 18.3 Å². The van der Waals surface area contributed by atoms with E-state index < -0.39 is 6.10 Å². The topological polar surface area (TPSA) is 57.7 Å². The van der Waals surface area contributed by atoms with Gasteiger partial charge in [-0.25, -0.2) is 9.78 Å². The van der Waals surface area contributed by atoms with Crippen LogP contribution in [0.4, 0.5) is 0 Å². The highest BCUT2D eigenvalue weighted by atomic mass is 32.1. The predicted molar refractivity (Wildman–Crippen MR) is 147 cm³/mol. The lowest BCUT2D eigenvalue weighted by molar-refractivity contribution is -0.156. The molecular formula is C30H39NO4S. The standard InChI is InChI=1S/C30H39NO4S/c1-8-33-27(29(32)34-9-2)19-23-12-15-25(18-20(23)3)35-17-16-26-21(4)36-28(31-26)22-10-13-24(14-11-22)30(5,6)7/h10-15,18,27H,8-9,16-17,19H2,1-7H3. The number of thiazole rings is 1. The van der Waals surface area contributed by atoms with E-state index in [0.717, 1.165) is 39.6 Å². The van der Waals surface area contributed by atoms with Crippen molar-refractivity contribution in [3.63, 3.8) is 0 Å². The summed E-state index contributed by atoms with van der Waals surface area (Å²) in [5.74, 6) is 0.494. The quantitative estimate of drug-likeness (QED) is 0.264. The van der Waals surface area contributed by atoms with Crippen LogP contribution in [-0.2, 0) is 32.5 Å². The normalized spacial score (nSPS) is 12.4. The maximum Gasteiger partial charge on any atom is 0.335 e. The second-order valence-electron chi connectivity index (χ2n) is 9.94. The minimum Gasteiger partial charge on any atom is -0.493 e. The number of hydrogen-bond donors (Lipinski definition) is 0. The van der Waals surface area contributed by atoms with Crippen molar-refractivity contribution in [1.29, 1.82) is 0 Å². The minimum atomic E-state index is -0.591. The van der Waals surface area contributed by atoms with E-state index in [1.165, 1.54) is 10.4 Å². The van der Waals surface area contributed by atoms with Crippen molar-refractivity contribution in [2.45, 2.75) is 72.8 Å². The van der Waals surface area contributed by atoms with E-state index in [9.17, 15) is 4.79 Å². The fraction of sp³-hybridized carbons (Fsp3) is 0.467. The van der Waals surface area contributed by atoms with Crippen LogP contribution in [0.15, 0.2) is 42.5 Å². The molecule has 0 N–H and O–H groups in total. The van der Waals surface area contributed by atoms with Crippen LogP contribution in [0, 0.1) is 13.8 Å². The Morgan fingerprint density at radius 3 is 2.36 bits per heavy atom. The Morgan fingerprint density at radius 2 is 1.75 bits per heavy atom. The summed E-state index contributed by atoms with van der Waals surface area (Å²) in [5, 5.41) is 1.05. The average Bonchev–Trinajstić information content (AvgIpc) is 3.20. The lowest BCUT2D eigenvalue weighted by Crippen LogP contribution is -2.29. The van der Waals surface area contributed by atoms with E-state index in [4.69, 9.17) is 19.2 Å². The highest BCUT2D eigenvalue weighted by molar-refractivity contribution is 7.15. The van der Waals surface area contributed by atoms with Crippen molar-refractivity contribution >= 4 is 17.3 Å². The smallest absolute Gasteiger partial charge is 0.335 e. The molecule has 36 heavy (non-hydrogen) atoms. The molecule has 1 atom stereocenters. The molecule has 3 aromatic rings. The van der Waals surface area contributed by atoms with Gasteiger partial charge in [0.15, 0.2) is 6.10 Å². The molecule has 0 aliphatic heterocycles. The van der Waals surface area contributed by atoms with Crippen LogP contribution < -0.4 is 4.74 Å². The Morgan fingerprint density at radius 1 is 1.03 bits per heavy atom. The highest BCUT2D eigenvalue weighted by Crippen LogP contribution is 2.30. The number of hydrogen-bond acceptors (Lipinski definition) is 6. The molecular weight excluding hydrogens is 470 g/mol. The Balaban J connectivity index is 1.59. The second kappa shape index (κ2) is 12.5. The number of carbonyl (C=O) groups is 1. The highest BCUT2D eigenvalue weighted by Gasteiger charge is 2.21. The lowest BCUT2D eigenvalue weighted by Gasteiger charge is -2.18. The van der Waals surface area contributed by atoms with Crippen molar-refractivity contribution in [1.82, 2.24) is 4.98 Å². The van der Waals surface area contributed by atoms with E-state index in [2.05, 4.69) is 52.0 Å². The van der Waals surface area contributed by atoms with Crippen molar-refractivity contribution in [2.75, 3.05) is 19.8 Å². The molecule has 0 aliphatic rings. The largest absolute Gasteiger partial charge is 0.493 e. The summed E-state index contributed by atoms with van der Waals surface area (Å²) in [6.45, 7) is 15.9. The first-order chi connectivity index (χ1) is 17.1. The zero-order chi connectivity index (χ0) is 26.3. The van der Waals surface area contributed by atoms with Crippen molar-refractivity contribution < 1.29 is 19.0 Å². The van der Waals surface area contributed by atoms with Crippen LogP contribution in [0.2, 0.25) is 0 Å². The zero-order valence-corrected chi connectivity index (χ0v) is 23.5. The Bertz CT molecular complexity index is 1140. The second-order valence-corrected chi connectivity index (χ2v) is 11.1. The summed E-state index contributed by atoms with van der Waals surface area (Å²) in [6, 6.07) is 14.7. The monoisotopic (exact) mass is 509 g/mol. The molecule has 0 aliphatic carbocycles. The van der Waals surface area contributed by atoms with Crippen molar-refractivity contribution in [3.05, 3.63) is 69.7 Å². The van der Waals surface area contributed by atoms with Gasteiger partial charge in [0, 0.05) is 29.9 Å². The number of ether oxygens (including phenoxy) is 3. The molecule has 1 heterocycles. The Labute approximate surface area is 219 Å². The van der Waals surface area contributed by atoms with E-state index in [-0.39, 0.29) is 11.4 Å². The van der Waals surface area contributed by atoms with Gasteiger partial charge in [0.2, 0.25) is 0 Å². The van der Waals surface area contributed by atoms with Gasteiger partial charge in [0.1, 0.15) is 10.8 Å². The summed E-state index contributed by atoms with van der Waals surface area (Å²) in [6.07, 6.45) is 0.640. The molecule has 0 saturated heterocycles. The van der Waals surface area contributed by atoms with Gasteiger partial charge in [-0.2, -0.15) is 0 Å². The predicted octanol–water partition coefficient (Wildman–Crippen LogP) is 6.86. The summed E-state index contributed by atoms with van der Waals surface area (Å²) >= 11 is 1.73. The van der Waals surface area contributed by atoms with E-state index >= 15 is 0 Å². The molecule has 0 saturated carbocycles. The SMILES string of the molecule is CCOC(=O)C(Cc1ccc(OCCc2nc(-c3ccc(C(C)(C)C)cc3)sc2C)cc1C)OCC. The van der Waals surface area contributed by atoms with Gasteiger partial charge in [0.05, 0.1) is 18.9 Å². The van der Waals surface area contributed by atoms with Gasteiger partial charge >= 0.3 is 5.97 Å². The molecule has 1 unspecified atom stereocenters. The van der Waals surface area contributed by atoms with E-state index in [1.807, 2.05) is 32.0 Å². The molecule has 5 nitrogen and oxygen atoms in total. The third-order valence-corrected chi connectivity index (χ3v) is 7.20. The van der Waals surface area contributed by atoms with Crippen LogP contribution in [0.3, 0.4) is 0 Å². The molecule has 3 rings (SSSR count). The van der Waals surface area contributed by atoms with Gasteiger partial charge in [-0.1, -0.05) is 51.1 Å². The molecule has 6 heteroatoms. The van der Waals surface area contributed by atoms with Crippen LogP contribution in [0.5, 0.6) is 5.75 Å². The van der Waals surface area contributed by atoms with Gasteiger partial charge < -0.3 is 14.2 Å². The Kier molecular flexibility index (Phi) is 9.69. The first-order valence-corrected chi connectivity index (χ1v) is 13.5. The molecule has 0 radical (unpaired) electrons. The number of aryl methyl sites for hydroxylation is 2. The van der Waals surface area contributed by atoms with Crippen LogP contribution in [-0.4, -0.2) is 36.9 Å². The van der Waals surface area contributed by atoms with Gasteiger partial charge in [0.25, 0.3) is 0 Å². The first-order valence-electron chi connectivity index (χ1n) is 12.7. The first kappa shape index (κ1) is 27.9. The van der Waals surface area contributed by atoms with Crippen LogP contribution in [0.25, 0.3) is 10.6 Å². The summed E-state index contributed by atoms with van der Waals surface area (Å²) in [7, 11) is 0. The molecule has 0 amide bonds. The van der Waals surface area contributed by atoms with E-state index in [0.29, 0.717) is 26.2 Å². The minimum absolute atomic E-state index is 0.141. The Hall–Kier alpha value is -2.70. The van der Waals surface area contributed by atoms with Crippen molar-refractivity contribution in [2.24, 2.45) is 0 Å². The summed E-state index contributed by atoms with van der Waals surface area (Å²) in [5.41, 5.74) is 5.81. The zero-order valence-electron chi connectivity index (χ0n) is 22.6. The third kappa shape index (κ3) is 7.40. The van der Waals surface area contributed by atoms with Gasteiger partial charge in [-0.05, 0) is 61.9 Å². The van der Waals surface area contributed by atoms with Crippen LogP contribution in [0.1, 0.15) is 61.9 Å².